The zero-order valence-corrected chi connectivity index (χ0v) is 15.6. The Morgan fingerprint density at radius 2 is 2.32 bits per heavy atom. The van der Waals surface area contributed by atoms with Gasteiger partial charge in [0.15, 0.2) is 0 Å². The number of aromatic nitrogens is 2. The maximum Gasteiger partial charge on any atom is 0.227 e. The van der Waals surface area contributed by atoms with E-state index in [4.69, 9.17) is 4.52 Å². The molecule has 1 amide bonds. The maximum absolute atomic E-state index is 12.7. The van der Waals surface area contributed by atoms with Crippen LogP contribution in [-0.4, -0.2) is 27.5 Å². The van der Waals surface area contributed by atoms with Crippen molar-refractivity contribution in [1.29, 1.82) is 0 Å². The van der Waals surface area contributed by atoms with E-state index in [0.717, 1.165) is 24.9 Å². The van der Waals surface area contributed by atoms with Crippen molar-refractivity contribution in [3.05, 3.63) is 44.6 Å². The minimum atomic E-state index is 0.166. The molecule has 0 radical (unpaired) electrons. The summed E-state index contributed by atoms with van der Waals surface area (Å²) in [5.41, 5.74) is 2.28. The van der Waals surface area contributed by atoms with E-state index < -0.39 is 0 Å². The number of fused-ring (bicyclic) bond motifs is 1. The van der Waals surface area contributed by atoms with E-state index in [-0.39, 0.29) is 11.9 Å². The summed E-state index contributed by atoms with van der Waals surface area (Å²) < 4.78 is 5.30. The van der Waals surface area contributed by atoms with Crippen molar-refractivity contribution in [2.75, 3.05) is 6.54 Å². The van der Waals surface area contributed by atoms with Gasteiger partial charge >= 0.3 is 0 Å². The van der Waals surface area contributed by atoms with Gasteiger partial charge in [-0.25, -0.2) is 0 Å². The Bertz CT molecular complexity index is 853. The minimum Gasteiger partial charge on any atom is -0.339 e. The third kappa shape index (κ3) is 3.26. The maximum atomic E-state index is 12.7. The summed E-state index contributed by atoms with van der Waals surface area (Å²) in [6, 6.07) is 4.33. The van der Waals surface area contributed by atoms with Crippen LogP contribution in [0.4, 0.5) is 0 Å². The van der Waals surface area contributed by atoms with Gasteiger partial charge in [0.05, 0.1) is 6.04 Å². The van der Waals surface area contributed by atoms with Crippen molar-refractivity contribution < 1.29 is 9.32 Å². The first-order chi connectivity index (χ1) is 12.3. The lowest BCUT2D eigenvalue weighted by Crippen LogP contribution is -2.39. The molecule has 0 spiro atoms. The summed E-state index contributed by atoms with van der Waals surface area (Å²) >= 11 is 3.40. The predicted molar refractivity (Wildman–Crippen MR) is 98.7 cm³/mol. The van der Waals surface area contributed by atoms with Gasteiger partial charge in [0.25, 0.3) is 0 Å². The second kappa shape index (κ2) is 7.09. The Morgan fingerprint density at radius 1 is 1.40 bits per heavy atom. The largest absolute Gasteiger partial charge is 0.339 e. The number of thiophene rings is 2. The van der Waals surface area contributed by atoms with Crippen LogP contribution >= 0.6 is 22.7 Å². The summed E-state index contributed by atoms with van der Waals surface area (Å²) in [7, 11) is 0. The van der Waals surface area contributed by atoms with E-state index in [1.165, 1.54) is 10.4 Å². The van der Waals surface area contributed by atoms with Crippen LogP contribution in [0.2, 0.25) is 0 Å². The van der Waals surface area contributed by atoms with Crippen molar-refractivity contribution in [3.63, 3.8) is 0 Å². The van der Waals surface area contributed by atoms with Crippen molar-refractivity contribution >= 4 is 28.6 Å². The van der Waals surface area contributed by atoms with E-state index in [2.05, 4.69) is 28.5 Å². The second-order valence-corrected chi connectivity index (χ2v) is 7.86. The standard InChI is InChI=1S/C18H19N3O2S2/c1-2-14-13-7-10-25-15(13)5-8-21(14)17(22)4-3-16-19-18(20-23-16)12-6-9-24-11-12/h6-7,9-11,14H,2-5,8H2,1H3. The molecule has 0 saturated carbocycles. The molecule has 7 heteroatoms. The molecule has 130 valence electrons. The molecule has 1 unspecified atom stereocenters. The highest BCUT2D eigenvalue weighted by Gasteiger charge is 2.30. The fourth-order valence-corrected chi connectivity index (χ4v) is 4.92. The molecule has 0 saturated heterocycles. The molecule has 4 heterocycles. The Hall–Kier alpha value is -1.99. The monoisotopic (exact) mass is 373 g/mol. The van der Waals surface area contributed by atoms with Crippen molar-refractivity contribution in [2.45, 2.75) is 38.6 Å². The molecule has 4 rings (SSSR count). The molecule has 1 aliphatic rings. The normalized spacial score (nSPS) is 16.8. The van der Waals surface area contributed by atoms with Crippen LogP contribution in [-0.2, 0) is 17.6 Å². The molecule has 0 bridgehead atoms. The Morgan fingerprint density at radius 3 is 3.12 bits per heavy atom. The average Bonchev–Trinajstić information content (AvgIpc) is 3.39. The molecule has 0 aliphatic carbocycles. The lowest BCUT2D eigenvalue weighted by atomic mass is 9.97. The molecule has 5 nitrogen and oxygen atoms in total. The van der Waals surface area contributed by atoms with E-state index >= 15 is 0 Å². The molecule has 0 fully saturated rings. The number of nitrogens with zero attached hydrogens (tertiary/aromatic N) is 3. The number of carbonyl (C=O) groups is 1. The molecule has 3 aromatic rings. The van der Waals surface area contributed by atoms with Crippen LogP contribution in [0.3, 0.4) is 0 Å². The first-order valence-corrected chi connectivity index (χ1v) is 10.3. The highest BCUT2D eigenvalue weighted by Crippen LogP contribution is 2.35. The van der Waals surface area contributed by atoms with Crippen LogP contribution in [0.15, 0.2) is 32.8 Å². The van der Waals surface area contributed by atoms with Crippen molar-refractivity contribution in [1.82, 2.24) is 15.0 Å². The SMILES string of the molecule is CCC1c2ccsc2CCN1C(=O)CCc1nc(-c2ccsc2)no1. The summed E-state index contributed by atoms with van der Waals surface area (Å²) in [5.74, 6) is 1.28. The number of aryl methyl sites for hydroxylation is 1. The third-order valence-corrected chi connectivity index (χ3v) is 6.28. The summed E-state index contributed by atoms with van der Waals surface area (Å²) in [4.78, 5) is 20.6. The van der Waals surface area contributed by atoms with Crippen LogP contribution in [0, 0.1) is 0 Å². The summed E-state index contributed by atoms with van der Waals surface area (Å²) in [6.07, 6.45) is 2.79. The van der Waals surface area contributed by atoms with Gasteiger partial charge in [-0.3, -0.25) is 4.79 Å². The molecular weight excluding hydrogens is 354 g/mol. The van der Waals surface area contributed by atoms with E-state index in [1.807, 2.05) is 21.7 Å². The van der Waals surface area contributed by atoms with Gasteiger partial charge in [-0.05, 0) is 41.3 Å². The van der Waals surface area contributed by atoms with Gasteiger partial charge in [-0.15, -0.1) is 11.3 Å². The molecule has 0 aromatic carbocycles. The topological polar surface area (TPSA) is 59.2 Å². The van der Waals surface area contributed by atoms with Gasteiger partial charge in [0, 0.05) is 35.2 Å². The minimum absolute atomic E-state index is 0.166. The van der Waals surface area contributed by atoms with Gasteiger partial charge in [-0.2, -0.15) is 16.3 Å². The van der Waals surface area contributed by atoms with Crippen molar-refractivity contribution in [2.24, 2.45) is 0 Å². The first-order valence-electron chi connectivity index (χ1n) is 8.47. The molecule has 25 heavy (non-hydrogen) atoms. The van der Waals surface area contributed by atoms with E-state index in [9.17, 15) is 4.79 Å². The molecule has 1 atom stereocenters. The highest BCUT2D eigenvalue weighted by atomic mass is 32.1. The Balaban J connectivity index is 1.41. The fourth-order valence-electron chi connectivity index (χ4n) is 3.36. The smallest absolute Gasteiger partial charge is 0.227 e. The molecule has 3 aromatic heterocycles. The van der Waals surface area contributed by atoms with Crippen molar-refractivity contribution in [3.8, 4) is 11.4 Å². The zero-order valence-electron chi connectivity index (χ0n) is 14.0. The van der Waals surface area contributed by atoms with Crippen LogP contribution in [0.25, 0.3) is 11.4 Å². The molecular formula is C18H19N3O2S2. The number of carbonyl (C=O) groups excluding carboxylic acids is 1. The molecule has 0 N–H and O–H groups in total. The Labute approximate surface area is 154 Å². The summed E-state index contributed by atoms with van der Waals surface area (Å²) in [6.45, 7) is 2.94. The fraction of sp³-hybridized carbons (Fsp3) is 0.389. The van der Waals surface area contributed by atoms with Crippen LogP contribution in [0.5, 0.6) is 0 Å². The predicted octanol–water partition coefficient (Wildman–Crippen LogP) is 4.33. The van der Waals surface area contributed by atoms with E-state index in [1.54, 1.807) is 22.7 Å². The van der Waals surface area contributed by atoms with Crippen LogP contribution < -0.4 is 0 Å². The number of rotatable bonds is 5. The highest BCUT2D eigenvalue weighted by molar-refractivity contribution is 7.10. The Kier molecular flexibility index (Phi) is 4.67. The lowest BCUT2D eigenvalue weighted by Gasteiger charge is -2.35. The number of hydrogen-bond acceptors (Lipinski definition) is 6. The van der Waals surface area contributed by atoms with Gasteiger partial charge in [0.2, 0.25) is 17.6 Å². The van der Waals surface area contributed by atoms with Crippen LogP contribution in [0.1, 0.15) is 42.1 Å². The summed E-state index contributed by atoms with van der Waals surface area (Å²) in [5, 5.41) is 10.1. The average molecular weight is 374 g/mol. The zero-order chi connectivity index (χ0) is 17.2. The number of amides is 1. The number of hydrogen-bond donors (Lipinski definition) is 0. The van der Waals surface area contributed by atoms with Gasteiger partial charge in [0.1, 0.15) is 0 Å². The lowest BCUT2D eigenvalue weighted by molar-refractivity contribution is -0.134. The van der Waals surface area contributed by atoms with Gasteiger partial charge < -0.3 is 9.42 Å². The first kappa shape index (κ1) is 16.5. The van der Waals surface area contributed by atoms with Gasteiger partial charge in [-0.1, -0.05) is 12.1 Å². The molecule has 1 aliphatic heterocycles. The second-order valence-electron chi connectivity index (χ2n) is 6.08. The third-order valence-electron chi connectivity index (χ3n) is 4.60. The van der Waals surface area contributed by atoms with E-state index in [0.29, 0.717) is 24.6 Å². The quantitative estimate of drug-likeness (QED) is 0.668.